The largest absolute Gasteiger partial charge is 0.349 e. The fourth-order valence-corrected chi connectivity index (χ4v) is 3.48. The quantitative estimate of drug-likeness (QED) is 0.913. The highest BCUT2D eigenvalue weighted by molar-refractivity contribution is 5.95. The molecule has 1 aliphatic rings. The number of hydrogen-bond donors (Lipinski definition) is 1. The van der Waals surface area contributed by atoms with Gasteiger partial charge >= 0.3 is 0 Å². The van der Waals surface area contributed by atoms with Crippen LogP contribution in [0.25, 0.3) is 0 Å². The first-order chi connectivity index (χ1) is 12.6. The molecule has 136 valence electrons. The third-order valence-corrected chi connectivity index (χ3v) is 5.19. The molecule has 2 aromatic rings. The van der Waals surface area contributed by atoms with Crippen molar-refractivity contribution in [3.8, 4) is 0 Å². The average Bonchev–Trinajstić information content (AvgIpc) is 2.68. The Labute approximate surface area is 155 Å². The van der Waals surface area contributed by atoms with E-state index in [1.54, 1.807) is 0 Å². The normalized spacial score (nSPS) is 16.2. The summed E-state index contributed by atoms with van der Waals surface area (Å²) in [5, 5.41) is 3.11. The summed E-state index contributed by atoms with van der Waals surface area (Å²) in [5.41, 5.74) is 2.86. The van der Waals surface area contributed by atoms with Crippen LogP contribution in [0.2, 0.25) is 0 Å². The van der Waals surface area contributed by atoms with Crippen LogP contribution in [0, 0.1) is 12.8 Å². The topological polar surface area (TPSA) is 49.4 Å². The first-order valence-corrected chi connectivity index (χ1v) is 9.26. The van der Waals surface area contributed by atoms with Crippen molar-refractivity contribution in [2.45, 2.75) is 32.7 Å². The molecule has 1 aliphatic heterocycles. The molecular formula is C22H26N2O2. The number of amides is 2. The molecule has 0 radical (unpaired) electrons. The van der Waals surface area contributed by atoms with Crippen molar-refractivity contribution in [1.29, 1.82) is 0 Å². The lowest BCUT2D eigenvalue weighted by Gasteiger charge is -2.32. The van der Waals surface area contributed by atoms with Crippen LogP contribution in [0.5, 0.6) is 0 Å². The van der Waals surface area contributed by atoms with Gasteiger partial charge in [0.05, 0.1) is 6.04 Å². The molecule has 2 amide bonds. The van der Waals surface area contributed by atoms with E-state index in [1.807, 2.05) is 73.3 Å². The maximum Gasteiger partial charge on any atom is 0.254 e. The van der Waals surface area contributed by atoms with Gasteiger partial charge in [-0.05, 0) is 43.9 Å². The Kier molecular flexibility index (Phi) is 5.71. The van der Waals surface area contributed by atoms with E-state index in [-0.39, 0.29) is 23.8 Å². The summed E-state index contributed by atoms with van der Waals surface area (Å²) in [7, 11) is 0. The molecule has 0 aliphatic carbocycles. The van der Waals surface area contributed by atoms with Gasteiger partial charge in [-0.15, -0.1) is 0 Å². The van der Waals surface area contributed by atoms with Gasteiger partial charge in [0.1, 0.15) is 0 Å². The van der Waals surface area contributed by atoms with E-state index in [1.165, 1.54) is 0 Å². The Morgan fingerprint density at radius 2 is 1.62 bits per heavy atom. The lowest BCUT2D eigenvalue weighted by molar-refractivity contribution is -0.126. The zero-order valence-corrected chi connectivity index (χ0v) is 15.4. The molecule has 0 saturated carbocycles. The highest BCUT2D eigenvalue weighted by Gasteiger charge is 2.28. The Balaban J connectivity index is 1.54. The monoisotopic (exact) mass is 350 g/mol. The Hall–Kier alpha value is -2.62. The molecule has 0 aromatic heterocycles. The molecule has 3 rings (SSSR count). The molecule has 0 bridgehead atoms. The summed E-state index contributed by atoms with van der Waals surface area (Å²) < 4.78 is 0. The van der Waals surface area contributed by atoms with Crippen molar-refractivity contribution in [1.82, 2.24) is 10.2 Å². The van der Waals surface area contributed by atoms with Crippen LogP contribution >= 0.6 is 0 Å². The number of nitrogens with zero attached hydrogens (tertiary/aromatic N) is 1. The minimum atomic E-state index is -0.0258. The van der Waals surface area contributed by atoms with Gasteiger partial charge in [-0.3, -0.25) is 9.59 Å². The van der Waals surface area contributed by atoms with Crippen molar-refractivity contribution in [3.63, 3.8) is 0 Å². The summed E-state index contributed by atoms with van der Waals surface area (Å²) >= 11 is 0. The molecule has 1 fully saturated rings. The molecule has 1 N–H and O–H groups in total. The second kappa shape index (κ2) is 8.17. The predicted molar refractivity (Wildman–Crippen MR) is 103 cm³/mol. The highest BCUT2D eigenvalue weighted by atomic mass is 16.2. The highest BCUT2D eigenvalue weighted by Crippen LogP contribution is 2.22. The van der Waals surface area contributed by atoms with Crippen LogP contribution in [0.1, 0.15) is 47.3 Å². The lowest BCUT2D eigenvalue weighted by atomic mass is 9.94. The van der Waals surface area contributed by atoms with Crippen LogP contribution in [0.15, 0.2) is 54.6 Å². The standard InChI is InChI=1S/C22H26N2O2/c1-16-8-6-7-11-20(16)22(26)24-14-12-19(13-15-24)21(25)23-17(2)18-9-4-3-5-10-18/h3-11,17,19H,12-15H2,1-2H3,(H,23,25)/t17-/m1/s1. The zero-order valence-electron chi connectivity index (χ0n) is 15.4. The molecule has 1 heterocycles. The number of nitrogens with one attached hydrogen (secondary N) is 1. The number of piperidine rings is 1. The minimum absolute atomic E-state index is 0.00432. The van der Waals surface area contributed by atoms with Gasteiger partial charge in [-0.25, -0.2) is 0 Å². The second-order valence-electron chi connectivity index (χ2n) is 7.02. The van der Waals surface area contributed by atoms with Gasteiger partial charge in [-0.1, -0.05) is 48.5 Å². The molecule has 1 saturated heterocycles. The fourth-order valence-electron chi connectivity index (χ4n) is 3.48. The van der Waals surface area contributed by atoms with Crippen LogP contribution in [0.4, 0.5) is 0 Å². The van der Waals surface area contributed by atoms with Crippen molar-refractivity contribution in [2.75, 3.05) is 13.1 Å². The number of rotatable bonds is 4. The maximum atomic E-state index is 12.7. The van der Waals surface area contributed by atoms with Crippen molar-refractivity contribution in [3.05, 3.63) is 71.3 Å². The molecule has 0 unspecified atom stereocenters. The van der Waals surface area contributed by atoms with Gasteiger partial charge in [-0.2, -0.15) is 0 Å². The third kappa shape index (κ3) is 4.13. The van der Waals surface area contributed by atoms with Gasteiger partial charge < -0.3 is 10.2 Å². The molecule has 1 atom stereocenters. The summed E-state index contributed by atoms with van der Waals surface area (Å²) in [6, 6.07) is 17.6. The number of hydrogen-bond acceptors (Lipinski definition) is 2. The van der Waals surface area contributed by atoms with E-state index in [4.69, 9.17) is 0 Å². The zero-order chi connectivity index (χ0) is 18.5. The lowest BCUT2D eigenvalue weighted by Crippen LogP contribution is -2.43. The molecule has 4 heteroatoms. The molecule has 0 spiro atoms. The Bertz CT molecular complexity index is 765. The van der Waals surface area contributed by atoms with Crippen molar-refractivity contribution in [2.24, 2.45) is 5.92 Å². The summed E-state index contributed by atoms with van der Waals surface area (Å²) in [6.45, 7) is 5.22. The van der Waals surface area contributed by atoms with E-state index >= 15 is 0 Å². The number of likely N-dealkylation sites (tertiary alicyclic amines) is 1. The first kappa shape index (κ1) is 18.2. The van der Waals surface area contributed by atoms with E-state index in [0.717, 1.165) is 16.7 Å². The SMILES string of the molecule is Cc1ccccc1C(=O)N1CCC(C(=O)N[C@H](C)c2ccccc2)CC1. The summed E-state index contributed by atoms with van der Waals surface area (Å²) in [4.78, 5) is 27.1. The van der Waals surface area contributed by atoms with E-state index in [9.17, 15) is 9.59 Å². The minimum Gasteiger partial charge on any atom is -0.349 e. The van der Waals surface area contributed by atoms with E-state index < -0.39 is 0 Å². The van der Waals surface area contributed by atoms with Crippen molar-refractivity contribution < 1.29 is 9.59 Å². The third-order valence-electron chi connectivity index (χ3n) is 5.19. The molecule has 26 heavy (non-hydrogen) atoms. The number of carbonyl (C=O) groups excluding carboxylic acids is 2. The number of benzene rings is 2. The Morgan fingerprint density at radius 3 is 2.27 bits per heavy atom. The second-order valence-corrected chi connectivity index (χ2v) is 7.02. The van der Waals surface area contributed by atoms with Crippen LogP contribution in [-0.2, 0) is 4.79 Å². The maximum absolute atomic E-state index is 12.7. The van der Waals surface area contributed by atoms with Crippen LogP contribution in [-0.4, -0.2) is 29.8 Å². The Morgan fingerprint density at radius 1 is 1.00 bits per heavy atom. The van der Waals surface area contributed by atoms with Crippen LogP contribution < -0.4 is 5.32 Å². The predicted octanol–water partition coefficient (Wildman–Crippen LogP) is 3.72. The molecular weight excluding hydrogens is 324 g/mol. The van der Waals surface area contributed by atoms with Crippen LogP contribution in [0.3, 0.4) is 0 Å². The van der Waals surface area contributed by atoms with E-state index in [2.05, 4.69) is 5.32 Å². The fraction of sp³-hybridized carbons (Fsp3) is 0.364. The smallest absolute Gasteiger partial charge is 0.254 e. The van der Waals surface area contributed by atoms with Gasteiger partial charge in [0.15, 0.2) is 0 Å². The molecule has 2 aromatic carbocycles. The van der Waals surface area contributed by atoms with Gasteiger partial charge in [0, 0.05) is 24.6 Å². The van der Waals surface area contributed by atoms with Crippen molar-refractivity contribution >= 4 is 11.8 Å². The number of carbonyl (C=O) groups is 2. The van der Waals surface area contributed by atoms with E-state index in [0.29, 0.717) is 25.9 Å². The number of aryl methyl sites for hydroxylation is 1. The average molecular weight is 350 g/mol. The van der Waals surface area contributed by atoms with Gasteiger partial charge in [0.2, 0.25) is 5.91 Å². The summed E-state index contributed by atoms with van der Waals surface area (Å²) in [5.74, 6) is 0.131. The summed E-state index contributed by atoms with van der Waals surface area (Å²) in [6.07, 6.45) is 1.43. The van der Waals surface area contributed by atoms with Gasteiger partial charge in [0.25, 0.3) is 5.91 Å². The first-order valence-electron chi connectivity index (χ1n) is 9.26. The molecule has 4 nitrogen and oxygen atoms in total.